The molecule has 150 valence electrons. The van der Waals surface area contributed by atoms with Crippen molar-refractivity contribution in [2.24, 2.45) is 0 Å². The number of nitrogens with zero attached hydrogens (tertiary/aromatic N) is 1. The first-order chi connectivity index (χ1) is 14.9. The van der Waals surface area contributed by atoms with Gasteiger partial charge in [-0.2, -0.15) is 0 Å². The van der Waals surface area contributed by atoms with Crippen LogP contribution in [-0.4, -0.2) is 5.97 Å². The van der Waals surface area contributed by atoms with Crippen LogP contribution in [0.4, 0.5) is 5.69 Å². The highest BCUT2D eigenvalue weighted by molar-refractivity contribution is 7.43. The predicted molar refractivity (Wildman–Crippen MR) is 127 cm³/mol. The number of hydrogen-bond donors (Lipinski definition) is 0. The number of esters is 1. The van der Waals surface area contributed by atoms with E-state index in [2.05, 4.69) is 47.3 Å². The Morgan fingerprint density at radius 3 is 2.39 bits per heavy atom. The summed E-state index contributed by atoms with van der Waals surface area (Å²) in [4.78, 5) is 17.3. The lowest BCUT2D eigenvalue weighted by Crippen LogP contribution is -2.27. The molecule has 1 heterocycles. The van der Waals surface area contributed by atoms with E-state index in [1.807, 2.05) is 12.1 Å². The van der Waals surface area contributed by atoms with E-state index >= 15 is 0 Å². The molecule has 0 saturated heterocycles. The van der Waals surface area contributed by atoms with Crippen LogP contribution in [0.25, 0.3) is 19.8 Å². The molecule has 0 radical (unpaired) electrons. The monoisotopic (exact) mass is 422 g/mol. The molecule has 2 unspecified atom stereocenters. The molecule has 0 saturated carbocycles. The molecule has 4 aromatic rings. The van der Waals surface area contributed by atoms with Crippen molar-refractivity contribution in [1.82, 2.24) is 0 Å². The Bertz CT molecular complexity index is 1350. The van der Waals surface area contributed by atoms with Crippen LogP contribution in [0.1, 0.15) is 28.4 Å². The minimum Gasteiger partial charge on any atom is -0.438 e. The van der Waals surface area contributed by atoms with E-state index in [9.17, 15) is 4.79 Å². The van der Waals surface area contributed by atoms with Crippen molar-refractivity contribution in [1.29, 1.82) is 0 Å². The van der Waals surface area contributed by atoms with Gasteiger partial charge in [-0.25, -0.2) is 9.64 Å². The number of carbonyl (C=O) groups is 1. The van der Waals surface area contributed by atoms with Gasteiger partial charge in [0.05, 0.1) is 12.1 Å². The summed E-state index contributed by atoms with van der Waals surface area (Å²) < 4.78 is 7.01. The minimum absolute atomic E-state index is 0.142. The summed E-state index contributed by atoms with van der Waals surface area (Å²) in [6.07, 6.45) is 5.71. The third-order valence-electron chi connectivity index (χ3n) is 5.31. The molecular formula is C27H20NO2S+. The van der Waals surface area contributed by atoms with Crippen LogP contribution < -0.4 is 0 Å². The van der Waals surface area contributed by atoms with Crippen LogP contribution in [0.15, 0.2) is 78.2 Å². The van der Waals surface area contributed by atoms with Gasteiger partial charge in [0.25, 0.3) is 0 Å². The average Bonchev–Trinajstić information content (AvgIpc) is 3.15. The maximum atomic E-state index is 12.8. The zero-order valence-electron chi connectivity index (χ0n) is 17.3. The van der Waals surface area contributed by atoms with Crippen LogP contribution in [0, 0.1) is 25.8 Å². The van der Waals surface area contributed by atoms with E-state index in [0.29, 0.717) is 16.8 Å². The van der Waals surface area contributed by atoms with Gasteiger partial charge < -0.3 is 4.74 Å². The second-order valence-electron chi connectivity index (χ2n) is 7.38. The molecule has 4 rings (SSSR count). The summed E-state index contributed by atoms with van der Waals surface area (Å²) in [6.45, 7) is 10.9. The average molecular weight is 423 g/mol. The fraction of sp³-hybridized carbons (Fsp3) is 0.111. The van der Waals surface area contributed by atoms with E-state index in [0.717, 1.165) is 4.90 Å². The summed E-state index contributed by atoms with van der Waals surface area (Å²) in [5.41, 5.74) is 1.65. The van der Waals surface area contributed by atoms with E-state index < -0.39 is 11.6 Å². The summed E-state index contributed by atoms with van der Waals surface area (Å²) in [6, 6.07) is 22.7. The van der Waals surface area contributed by atoms with Gasteiger partial charge in [-0.3, -0.25) is 0 Å². The zero-order valence-corrected chi connectivity index (χ0v) is 18.1. The van der Waals surface area contributed by atoms with Crippen molar-refractivity contribution in [2.45, 2.75) is 19.4 Å². The predicted octanol–water partition coefficient (Wildman–Crippen LogP) is 7.14. The second-order valence-corrected chi connectivity index (χ2v) is 9.21. The van der Waals surface area contributed by atoms with Gasteiger partial charge in [0.15, 0.2) is 20.9 Å². The third kappa shape index (κ3) is 3.82. The smallest absolute Gasteiger partial charge is 0.339 e. The quantitative estimate of drug-likeness (QED) is 0.151. The third-order valence-corrected chi connectivity index (χ3v) is 7.51. The van der Waals surface area contributed by atoms with Gasteiger partial charge in [-0.15, -0.1) is 6.42 Å². The number of fused-ring (bicyclic) bond motifs is 1. The highest BCUT2D eigenvalue weighted by Gasteiger charge is 2.29. The molecule has 0 N–H and O–H groups in total. The number of ether oxygens (including phenoxy) is 1. The Labute approximate surface area is 184 Å². The van der Waals surface area contributed by atoms with Gasteiger partial charge in [0.2, 0.25) is 0 Å². The van der Waals surface area contributed by atoms with Gasteiger partial charge in [0, 0.05) is 27.0 Å². The van der Waals surface area contributed by atoms with Crippen molar-refractivity contribution < 1.29 is 9.53 Å². The molecule has 2 atom stereocenters. The Balaban J connectivity index is 1.59. The van der Waals surface area contributed by atoms with Crippen molar-refractivity contribution in [3.05, 3.63) is 106 Å². The number of rotatable bonds is 4. The molecule has 3 nitrogen and oxygen atoms in total. The lowest BCUT2D eigenvalue weighted by atomic mass is 9.96. The van der Waals surface area contributed by atoms with Gasteiger partial charge in [0.1, 0.15) is 5.38 Å². The minimum atomic E-state index is -1.22. The molecule has 0 aliphatic heterocycles. The first-order valence-corrected chi connectivity index (χ1v) is 11.0. The van der Waals surface area contributed by atoms with Crippen LogP contribution >= 0.6 is 10.5 Å². The number of carbonyl (C=O) groups excluding carboxylic acids is 1. The highest BCUT2D eigenvalue weighted by Crippen LogP contribution is 2.41. The van der Waals surface area contributed by atoms with E-state index in [-0.39, 0.29) is 10.5 Å². The molecule has 1 aromatic heterocycles. The molecular weight excluding hydrogens is 402 g/mol. The fourth-order valence-corrected chi connectivity index (χ4v) is 5.61. The Hall–Kier alpha value is -3.86. The maximum Gasteiger partial charge on any atom is 0.339 e. The molecule has 0 bridgehead atoms. The largest absolute Gasteiger partial charge is 0.438 e. The molecule has 0 amide bonds. The van der Waals surface area contributed by atoms with E-state index in [1.165, 1.54) is 15.6 Å². The number of terminal acetylenes is 1. The number of aryl methyl sites for hydroxylation is 1. The summed E-state index contributed by atoms with van der Waals surface area (Å²) in [7, 11) is -0.142. The van der Waals surface area contributed by atoms with Gasteiger partial charge in [-0.05, 0) is 50.2 Å². The Morgan fingerprint density at radius 2 is 1.74 bits per heavy atom. The fourth-order valence-electron chi connectivity index (χ4n) is 3.49. The molecule has 31 heavy (non-hydrogen) atoms. The lowest BCUT2D eigenvalue weighted by molar-refractivity contribution is 0.0129. The summed E-state index contributed by atoms with van der Waals surface area (Å²) >= 11 is 0. The summed E-state index contributed by atoms with van der Waals surface area (Å²) in [5.74, 6) is 2.09. The highest BCUT2D eigenvalue weighted by atomic mass is 32.2. The van der Waals surface area contributed by atoms with Crippen LogP contribution in [0.2, 0.25) is 0 Å². The van der Waals surface area contributed by atoms with Crippen LogP contribution in [0.3, 0.4) is 0 Å². The Morgan fingerprint density at radius 1 is 1.06 bits per heavy atom. The first kappa shape index (κ1) is 20.4. The standard InChI is InChI=1S/C27H20NO2S/c1-5-27(3,21-12-14-22(28-4)15-13-21)30-26(29)20-10-16-23(17-11-20)31-18-19(2)24-8-6-7-9-25(24)31/h1,6-18H,2-3H3/q+1. The second kappa shape index (κ2) is 8.11. The molecule has 3 aromatic carbocycles. The van der Waals surface area contributed by atoms with Crippen LogP contribution in [-0.2, 0) is 10.3 Å². The number of hydrogen-bond acceptors (Lipinski definition) is 2. The normalized spacial score (nSPS) is 13.1. The summed E-state index contributed by atoms with van der Waals surface area (Å²) in [5, 5.41) is 3.56. The van der Waals surface area contributed by atoms with Crippen molar-refractivity contribution in [3.8, 4) is 17.2 Å². The maximum absolute atomic E-state index is 12.8. The molecule has 0 aliphatic carbocycles. The van der Waals surface area contributed by atoms with Gasteiger partial charge in [-0.1, -0.05) is 42.3 Å². The zero-order chi connectivity index (χ0) is 22.0. The number of benzene rings is 3. The SMILES string of the molecule is [C-]#[N+]c1ccc(C(C)(C#C)OC(=O)c2ccc(-[s+]3cc(C)c4ccccc43)cc2)cc1. The molecule has 0 spiro atoms. The van der Waals surface area contributed by atoms with Crippen molar-refractivity contribution in [3.63, 3.8) is 0 Å². The molecule has 4 heteroatoms. The number of thiophene rings is 1. The van der Waals surface area contributed by atoms with Gasteiger partial charge >= 0.3 is 5.97 Å². The first-order valence-electron chi connectivity index (χ1n) is 9.75. The van der Waals surface area contributed by atoms with Crippen LogP contribution in [0.5, 0.6) is 0 Å². The Kier molecular flexibility index (Phi) is 5.34. The van der Waals surface area contributed by atoms with E-state index in [4.69, 9.17) is 17.7 Å². The molecule has 0 fully saturated rings. The molecule has 0 aliphatic rings. The topological polar surface area (TPSA) is 30.7 Å². The lowest BCUT2D eigenvalue weighted by Gasteiger charge is -2.24. The van der Waals surface area contributed by atoms with Crippen molar-refractivity contribution in [2.75, 3.05) is 0 Å². The van der Waals surface area contributed by atoms with E-state index in [1.54, 1.807) is 43.3 Å². The van der Waals surface area contributed by atoms with Crippen molar-refractivity contribution >= 4 is 32.2 Å².